The van der Waals surface area contributed by atoms with Crippen LogP contribution in [0.5, 0.6) is 0 Å². The van der Waals surface area contributed by atoms with Gasteiger partial charge in [-0.2, -0.15) is 0 Å². The summed E-state index contributed by atoms with van der Waals surface area (Å²) in [6.45, 7) is 3.98. The molecule has 0 radical (unpaired) electrons. The van der Waals surface area contributed by atoms with Gasteiger partial charge in [0.1, 0.15) is 0 Å². The molecule has 0 aliphatic carbocycles. The second-order valence-electron chi connectivity index (χ2n) is 4.77. The van der Waals surface area contributed by atoms with Crippen molar-refractivity contribution in [2.45, 2.75) is 19.4 Å². The number of carboxylic acid groups (broad SMARTS) is 1. The lowest BCUT2D eigenvalue weighted by Crippen LogP contribution is -2.41. The van der Waals surface area contributed by atoms with E-state index in [0.29, 0.717) is 12.2 Å². The molecule has 3 N–H and O–H groups in total. The number of methoxy groups -OCH3 is 1. The van der Waals surface area contributed by atoms with Crippen LogP contribution in [0.3, 0.4) is 0 Å². The van der Waals surface area contributed by atoms with Gasteiger partial charge in [0.15, 0.2) is 0 Å². The molecule has 110 valence electrons. The van der Waals surface area contributed by atoms with Gasteiger partial charge in [0.05, 0.1) is 16.2 Å². The van der Waals surface area contributed by atoms with E-state index in [1.165, 1.54) is 18.2 Å². The second-order valence-corrected chi connectivity index (χ2v) is 5.18. The van der Waals surface area contributed by atoms with Crippen LogP contribution >= 0.6 is 11.6 Å². The normalized spacial score (nSPS) is 11.0. The molecule has 0 aliphatic rings. The molecule has 0 saturated heterocycles. The van der Waals surface area contributed by atoms with Gasteiger partial charge in [0.2, 0.25) is 0 Å². The molecule has 0 saturated carbocycles. The maximum absolute atomic E-state index is 11.7. The third-order valence-electron chi connectivity index (χ3n) is 2.68. The van der Waals surface area contributed by atoms with Crippen LogP contribution in [0.4, 0.5) is 10.5 Å². The Morgan fingerprint density at radius 1 is 1.40 bits per heavy atom. The largest absolute Gasteiger partial charge is 0.478 e. The maximum Gasteiger partial charge on any atom is 0.337 e. The van der Waals surface area contributed by atoms with E-state index in [4.69, 9.17) is 21.4 Å². The van der Waals surface area contributed by atoms with Crippen LogP contribution in [0.25, 0.3) is 0 Å². The standard InChI is InChI=1S/C13H17ClN2O4/c1-13(2,20-3)7-15-12(19)16-8-4-5-10(14)9(6-8)11(17)18/h4-6H,7H2,1-3H3,(H,17,18)(H2,15,16,19). The summed E-state index contributed by atoms with van der Waals surface area (Å²) >= 11 is 5.74. The van der Waals surface area contributed by atoms with E-state index in [1.54, 1.807) is 7.11 Å². The number of ether oxygens (including phenoxy) is 1. The summed E-state index contributed by atoms with van der Waals surface area (Å²) in [5, 5.41) is 14.2. The minimum absolute atomic E-state index is 0.0679. The van der Waals surface area contributed by atoms with Gasteiger partial charge in [-0.3, -0.25) is 0 Å². The van der Waals surface area contributed by atoms with Gasteiger partial charge in [-0.1, -0.05) is 11.6 Å². The van der Waals surface area contributed by atoms with Crippen LogP contribution in [0.1, 0.15) is 24.2 Å². The molecular weight excluding hydrogens is 284 g/mol. The topological polar surface area (TPSA) is 87.7 Å². The Bertz CT molecular complexity index is 517. The third kappa shape index (κ3) is 4.71. The van der Waals surface area contributed by atoms with Crippen LogP contribution in [-0.4, -0.2) is 36.4 Å². The van der Waals surface area contributed by atoms with E-state index in [0.717, 1.165) is 0 Å². The Kier molecular flexibility index (Phi) is 5.35. The highest BCUT2D eigenvalue weighted by Gasteiger charge is 2.17. The summed E-state index contributed by atoms with van der Waals surface area (Å²) in [6, 6.07) is 3.79. The number of aromatic carboxylic acids is 1. The second kappa shape index (κ2) is 6.58. The smallest absolute Gasteiger partial charge is 0.337 e. The average Bonchev–Trinajstić information content (AvgIpc) is 2.38. The van der Waals surface area contributed by atoms with Crippen molar-refractivity contribution in [3.63, 3.8) is 0 Å². The van der Waals surface area contributed by atoms with Gasteiger partial charge >= 0.3 is 12.0 Å². The SMILES string of the molecule is COC(C)(C)CNC(=O)Nc1ccc(Cl)c(C(=O)O)c1. The van der Waals surface area contributed by atoms with Crippen LogP contribution in [0.2, 0.25) is 5.02 Å². The van der Waals surface area contributed by atoms with Crippen molar-refractivity contribution >= 4 is 29.3 Å². The number of amides is 2. The van der Waals surface area contributed by atoms with E-state index in [2.05, 4.69) is 10.6 Å². The van der Waals surface area contributed by atoms with Crippen molar-refractivity contribution < 1.29 is 19.4 Å². The number of carbonyl (C=O) groups is 2. The molecule has 0 bridgehead atoms. The van der Waals surface area contributed by atoms with Gasteiger partial charge < -0.3 is 20.5 Å². The monoisotopic (exact) mass is 300 g/mol. The van der Waals surface area contributed by atoms with Crippen molar-refractivity contribution in [1.29, 1.82) is 0 Å². The summed E-state index contributed by atoms with van der Waals surface area (Å²) in [5.74, 6) is -1.15. The van der Waals surface area contributed by atoms with Crippen molar-refractivity contribution in [2.75, 3.05) is 19.0 Å². The summed E-state index contributed by atoms with van der Waals surface area (Å²) < 4.78 is 5.17. The first kappa shape index (κ1) is 16.3. The molecule has 20 heavy (non-hydrogen) atoms. The third-order valence-corrected chi connectivity index (χ3v) is 3.01. The number of rotatable bonds is 5. The predicted molar refractivity (Wildman–Crippen MR) is 76.5 cm³/mol. The summed E-state index contributed by atoms with van der Waals surface area (Å²) in [4.78, 5) is 22.6. The lowest BCUT2D eigenvalue weighted by atomic mass is 10.1. The molecule has 7 heteroatoms. The summed E-state index contributed by atoms with van der Waals surface area (Å²) in [7, 11) is 1.55. The summed E-state index contributed by atoms with van der Waals surface area (Å²) in [6.07, 6.45) is 0. The number of hydrogen-bond acceptors (Lipinski definition) is 3. The van der Waals surface area contributed by atoms with Gasteiger partial charge in [-0.25, -0.2) is 9.59 Å². The van der Waals surface area contributed by atoms with Crippen molar-refractivity contribution in [3.05, 3.63) is 28.8 Å². The molecule has 0 spiro atoms. The van der Waals surface area contributed by atoms with Crippen LogP contribution in [0, 0.1) is 0 Å². The number of halogens is 1. The van der Waals surface area contributed by atoms with Crippen molar-refractivity contribution in [1.82, 2.24) is 5.32 Å². The Balaban J connectivity index is 2.67. The molecule has 0 aromatic heterocycles. The highest BCUT2D eigenvalue weighted by Crippen LogP contribution is 2.20. The maximum atomic E-state index is 11.7. The average molecular weight is 301 g/mol. The summed E-state index contributed by atoms with van der Waals surface area (Å²) in [5.41, 5.74) is -0.204. The molecule has 1 aromatic rings. The van der Waals surface area contributed by atoms with Crippen molar-refractivity contribution in [3.8, 4) is 0 Å². The van der Waals surface area contributed by atoms with Crippen LogP contribution in [0.15, 0.2) is 18.2 Å². The first-order valence-corrected chi connectivity index (χ1v) is 6.26. The minimum atomic E-state index is -1.15. The molecular formula is C13H17ClN2O4. The van der Waals surface area contributed by atoms with Crippen LogP contribution in [-0.2, 0) is 4.74 Å². The van der Waals surface area contributed by atoms with Gasteiger partial charge in [0, 0.05) is 19.3 Å². The Hall–Kier alpha value is -1.79. The van der Waals surface area contributed by atoms with Gasteiger partial charge in [-0.15, -0.1) is 0 Å². The number of urea groups is 1. The Morgan fingerprint density at radius 2 is 2.05 bits per heavy atom. The number of carboxylic acids is 1. The van der Waals surface area contributed by atoms with E-state index >= 15 is 0 Å². The predicted octanol–water partition coefficient (Wildman–Crippen LogP) is 2.58. The van der Waals surface area contributed by atoms with Crippen molar-refractivity contribution in [2.24, 2.45) is 0 Å². The Labute approximate surface area is 122 Å². The molecule has 1 aromatic carbocycles. The zero-order valence-corrected chi connectivity index (χ0v) is 12.2. The fraction of sp³-hybridized carbons (Fsp3) is 0.385. The molecule has 2 amide bonds. The fourth-order valence-corrected chi connectivity index (χ4v) is 1.51. The molecule has 0 atom stereocenters. The molecule has 0 heterocycles. The quantitative estimate of drug-likeness (QED) is 0.780. The molecule has 0 unspecified atom stereocenters. The zero-order chi connectivity index (χ0) is 15.3. The van der Waals surface area contributed by atoms with Gasteiger partial charge in [-0.05, 0) is 32.0 Å². The lowest BCUT2D eigenvalue weighted by Gasteiger charge is -2.23. The molecule has 1 rings (SSSR count). The number of anilines is 1. The molecule has 0 aliphatic heterocycles. The Morgan fingerprint density at radius 3 is 2.60 bits per heavy atom. The zero-order valence-electron chi connectivity index (χ0n) is 11.5. The first-order valence-electron chi connectivity index (χ1n) is 5.88. The number of hydrogen-bond donors (Lipinski definition) is 3. The number of benzene rings is 1. The lowest BCUT2D eigenvalue weighted by molar-refractivity contribution is 0.0257. The number of nitrogens with one attached hydrogen (secondary N) is 2. The highest BCUT2D eigenvalue weighted by atomic mass is 35.5. The number of carbonyl (C=O) groups excluding carboxylic acids is 1. The van der Waals surface area contributed by atoms with E-state index in [-0.39, 0.29) is 10.6 Å². The van der Waals surface area contributed by atoms with Crippen LogP contribution < -0.4 is 10.6 Å². The fourth-order valence-electron chi connectivity index (χ4n) is 1.31. The van der Waals surface area contributed by atoms with E-state index in [9.17, 15) is 9.59 Å². The highest BCUT2D eigenvalue weighted by molar-refractivity contribution is 6.33. The van der Waals surface area contributed by atoms with E-state index < -0.39 is 17.6 Å². The van der Waals surface area contributed by atoms with E-state index in [1.807, 2.05) is 13.8 Å². The van der Waals surface area contributed by atoms with Gasteiger partial charge in [0.25, 0.3) is 0 Å². The minimum Gasteiger partial charge on any atom is -0.478 e. The first-order chi connectivity index (χ1) is 9.25. The molecule has 0 fully saturated rings. The molecule has 6 nitrogen and oxygen atoms in total.